The molecule has 0 bridgehead atoms. The van der Waals surface area contributed by atoms with E-state index < -0.39 is 0 Å². The third-order valence-corrected chi connectivity index (χ3v) is 4.27. The van der Waals surface area contributed by atoms with Gasteiger partial charge in [-0.05, 0) is 31.7 Å². The van der Waals surface area contributed by atoms with Gasteiger partial charge in [-0.2, -0.15) is 0 Å². The van der Waals surface area contributed by atoms with Gasteiger partial charge in [0.05, 0.1) is 7.11 Å². The van der Waals surface area contributed by atoms with Gasteiger partial charge in [0.1, 0.15) is 6.04 Å². The average Bonchev–Trinajstić information content (AvgIpc) is 2.94. The summed E-state index contributed by atoms with van der Waals surface area (Å²) in [5.41, 5.74) is 0. The second kappa shape index (κ2) is 9.42. The highest BCUT2D eigenvalue weighted by Gasteiger charge is 2.28. The first kappa shape index (κ1) is 18.4. The number of carbonyl (C=O) groups excluding carboxylic acids is 1. The molecule has 1 fully saturated rings. The van der Waals surface area contributed by atoms with Gasteiger partial charge >= 0.3 is 5.97 Å². The van der Waals surface area contributed by atoms with E-state index in [4.69, 9.17) is 4.74 Å². The molecule has 1 atom stereocenters. The van der Waals surface area contributed by atoms with E-state index in [1.807, 2.05) is 0 Å². The molecule has 0 saturated heterocycles. The maximum absolute atomic E-state index is 12.0. The molecule has 124 valence electrons. The molecule has 0 amide bonds. The Hall–Kier alpha value is -0.610. The maximum atomic E-state index is 12.0. The van der Waals surface area contributed by atoms with Crippen LogP contribution in [0.25, 0.3) is 0 Å². The Morgan fingerprint density at radius 2 is 1.86 bits per heavy atom. The quantitative estimate of drug-likeness (QED) is 0.665. The molecule has 0 aromatic heterocycles. The molecule has 1 unspecified atom stereocenters. The molecule has 0 aromatic carbocycles. The highest BCUT2D eigenvalue weighted by atomic mass is 16.5. The summed E-state index contributed by atoms with van der Waals surface area (Å²) in [7, 11) is 1.48. The molecule has 1 saturated carbocycles. The summed E-state index contributed by atoms with van der Waals surface area (Å²) in [5.74, 6) is 0.555. The van der Waals surface area contributed by atoms with Crippen LogP contribution in [-0.2, 0) is 9.53 Å². The predicted octanol–water partition coefficient (Wildman–Crippen LogP) is 2.82. The van der Waals surface area contributed by atoms with Crippen LogP contribution < -0.4 is 5.32 Å². The van der Waals surface area contributed by atoms with Crippen LogP contribution in [0.1, 0.15) is 59.8 Å². The van der Waals surface area contributed by atoms with E-state index in [1.165, 1.54) is 39.2 Å². The number of nitrogens with zero attached hydrogens (tertiary/aromatic N) is 1. The summed E-state index contributed by atoms with van der Waals surface area (Å²) in [5, 5.41) is 3.36. The van der Waals surface area contributed by atoms with E-state index >= 15 is 0 Å². The van der Waals surface area contributed by atoms with E-state index in [0.29, 0.717) is 12.0 Å². The largest absolute Gasteiger partial charge is 0.468 e. The minimum atomic E-state index is -0.220. The van der Waals surface area contributed by atoms with E-state index in [0.717, 1.165) is 13.1 Å². The third-order valence-electron chi connectivity index (χ3n) is 4.27. The monoisotopic (exact) mass is 298 g/mol. The lowest BCUT2D eigenvalue weighted by molar-refractivity contribution is -0.144. The molecule has 0 aromatic rings. The van der Waals surface area contributed by atoms with Crippen molar-refractivity contribution >= 4 is 5.97 Å². The highest BCUT2D eigenvalue weighted by Crippen LogP contribution is 2.24. The van der Waals surface area contributed by atoms with Crippen molar-refractivity contribution in [2.45, 2.75) is 77.9 Å². The molecule has 0 spiro atoms. The van der Waals surface area contributed by atoms with Gasteiger partial charge in [-0.1, -0.05) is 40.5 Å². The first-order valence-electron chi connectivity index (χ1n) is 8.52. The van der Waals surface area contributed by atoms with Gasteiger partial charge in [-0.25, -0.2) is 0 Å². The second-order valence-electron chi connectivity index (χ2n) is 7.01. The zero-order chi connectivity index (χ0) is 15.8. The number of methoxy groups -OCH3 is 1. The molecule has 0 aliphatic heterocycles. The van der Waals surface area contributed by atoms with Gasteiger partial charge in [0.2, 0.25) is 0 Å². The average molecular weight is 298 g/mol. The smallest absolute Gasteiger partial charge is 0.324 e. The third kappa shape index (κ3) is 6.79. The van der Waals surface area contributed by atoms with Gasteiger partial charge in [0.15, 0.2) is 0 Å². The van der Waals surface area contributed by atoms with E-state index in [2.05, 4.69) is 37.9 Å². The van der Waals surface area contributed by atoms with Gasteiger partial charge in [0, 0.05) is 18.6 Å². The number of carbonyl (C=O) groups is 1. The van der Waals surface area contributed by atoms with Gasteiger partial charge in [-0.15, -0.1) is 0 Å². The standard InChI is InChI=1S/C17H34N2O2/c1-13(2)10-11-19(15-8-6-7-9-15)12-16(17(20)21-5)18-14(3)4/h13-16,18H,6-12H2,1-5H3. The molecule has 21 heavy (non-hydrogen) atoms. The number of nitrogens with one attached hydrogen (secondary N) is 1. The van der Waals surface area contributed by atoms with E-state index in [-0.39, 0.29) is 18.1 Å². The summed E-state index contributed by atoms with van der Waals surface area (Å²) in [6.45, 7) is 10.5. The Balaban J connectivity index is 2.67. The van der Waals surface area contributed by atoms with Crippen molar-refractivity contribution in [3.8, 4) is 0 Å². The van der Waals surface area contributed by atoms with Crippen LogP contribution in [0.5, 0.6) is 0 Å². The molecule has 0 heterocycles. The molecule has 1 aliphatic rings. The lowest BCUT2D eigenvalue weighted by Gasteiger charge is -2.33. The maximum Gasteiger partial charge on any atom is 0.324 e. The van der Waals surface area contributed by atoms with Crippen LogP contribution in [0.2, 0.25) is 0 Å². The molecular formula is C17H34N2O2. The van der Waals surface area contributed by atoms with Crippen LogP contribution in [-0.4, -0.2) is 49.2 Å². The fourth-order valence-corrected chi connectivity index (χ4v) is 3.09. The van der Waals surface area contributed by atoms with Crippen molar-refractivity contribution in [3.05, 3.63) is 0 Å². The zero-order valence-electron chi connectivity index (χ0n) is 14.5. The van der Waals surface area contributed by atoms with Crippen LogP contribution >= 0.6 is 0 Å². The summed E-state index contributed by atoms with van der Waals surface area (Å²) in [6, 6.07) is 0.706. The Kier molecular flexibility index (Phi) is 8.27. The van der Waals surface area contributed by atoms with Crippen LogP contribution in [0.4, 0.5) is 0 Å². The second-order valence-corrected chi connectivity index (χ2v) is 7.01. The normalized spacial score (nSPS) is 17.9. The Bertz CT molecular complexity index is 299. The predicted molar refractivity (Wildman–Crippen MR) is 87.4 cm³/mol. The number of hydrogen-bond donors (Lipinski definition) is 1. The molecule has 1 N–H and O–H groups in total. The Morgan fingerprint density at radius 3 is 2.33 bits per heavy atom. The lowest BCUT2D eigenvalue weighted by atomic mass is 10.1. The summed E-state index contributed by atoms with van der Waals surface area (Å²) in [4.78, 5) is 14.5. The topological polar surface area (TPSA) is 41.6 Å². The molecule has 4 heteroatoms. The minimum absolute atomic E-state index is 0.142. The van der Waals surface area contributed by atoms with Crippen molar-refractivity contribution in [1.82, 2.24) is 10.2 Å². The SMILES string of the molecule is COC(=O)C(CN(CCC(C)C)C1CCCC1)NC(C)C. The molecule has 1 aliphatic carbocycles. The first-order valence-corrected chi connectivity index (χ1v) is 8.52. The number of ether oxygens (including phenoxy) is 1. The number of rotatable bonds is 9. The van der Waals surface area contributed by atoms with Gasteiger partial charge in [-0.3, -0.25) is 9.69 Å². The Morgan fingerprint density at radius 1 is 1.24 bits per heavy atom. The lowest BCUT2D eigenvalue weighted by Crippen LogP contribution is -2.51. The summed E-state index contributed by atoms with van der Waals surface area (Å²) < 4.78 is 4.97. The van der Waals surface area contributed by atoms with Crippen molar-refractivity contribution in [2.75, 3.05) is 20.2 Å². The zero-order valence-corrected chi connectivity index (χ0v) is 14.5. The van der Waals surface area contributed by atoms with Crippen LogP contribution in [0, 0.1) is 5.92 Å². The molecule has 0 radical (unpaired) electrons. The van der Waals surface area contributed by atoms with Crippen LogP contribution in [0.15, 0.2) is 0 Å². The van der Waals surface area contributed by atoms with Crippen molar-refractivity contribution in [2.24, 2.45) is 5.92 Å². The number of esters is 1. The molecule has 4 nitrogen and oxygen atoms in total. The summed E-state index contributed by atoms with van der Waals surface area (Å²) >= 11 is 0. The molecular weight excluding hydrogens is 264 g/mol. The minimum Gasteiger partial charge on any atom is -0.468 e. The molecule has 1 rings (SSSR count). The van der Waals surface area contributed by atoms with E-state index in [1.54, 1.807) is 0 Å². The van der Waals surface area contributed by atoms with Crippen LogP contribution in [0.3, 0.4) is 0 Å². The summed E-state index contributed by atoms with van der Waals surface area (Å²) in [6.07, 6.45) is 6.38. The highest BCUT2D eigenvalue weighted by molar-refractivity contribution is 5.76. The van der Waals surface area contributed by atoms with Gasteiger partial charge in [0.25, 0.3) is 0 Å². The van der Waals surface area contributed by atoms with Crippen molar-refractivity contribution < 1.29 is 9.53 Å². The first-order chi connectivity index (χ1) is 9.93. The van der Waals surface area contributed by atoms with Crippen molar-refractivity contribution in [3.63, 3.8) is 0 Å². The Labute approximate surface area is 130 Å². The number of hydrogen-bond acceptors (Lipinski definition) is 4. The van der Waals surface area contributed by atoms with Gasteiger partial charge < -0.3 is 10.1 Å². The van der Waals surface area contributed by atoms with E-state index in [9.17, 15) is 4.79 Å². The fraction of sp³-hybridized carbons (Fsp3) is 0.941. The van der Waals surface area contributed by atoms with Crippen molar-refractivity contribution in [1.29, 1.82) is 0 Å². The fourth-order valence-electron chi connectivity index (χ4n) is 3.09.